The van der Waals surface area contributed by atoms with Crippen LogP contribution in [0.25, 0.3) is 11.0 Å². The number of amides is 1. The summed E-state index contributed by atoms with van der Waals surface area (Å²) in [5.41, 5.74) is 7.45. The first-order valence-electron chi connectivity index (χ1n) is 10.9. The summed E-state index contributed by atoms with van der Waals surface area (Å²) >= 11 is 1.70. The predicted molar refractivity (Wildman–Crippen MR) is 137 cm³/mol. The molecule has 1 amide bonds. The number of carbonyl (C=O) groups excluding carboxylic acids is 1. The third kappa shape index (κ3) is 3.80. The molecule has 0 unspecified atom stereocenters. The van der Waals surface area contributed by atoms with Gasteiger partial charge in [-0.1, -0.05) is 42.0 Å². The molecule has 1 aromatic heterocycles. The largest absolute Gasteiger partial charge is 0.329 e. The molecule has 0 saturated heterocycles. The van der Waals surface area contributed by atoms with E-state index in [-0.39, 0.29) is 11.9 Å². The second kappa shape index (κ2) is 8.45. The van der Waals surface area contributed by atoms with E-state index in [4.69, 9.17) is 4.98 Å². The number of hydrogen-bond donors (Lipinski definition) is 2. The maximum Gasteiger partial charge on any atom is 0.255 e. The standard InChI is InChI=1S/C27H26N4OS/c1-16-9-14-21(17(2)15-16)29-26(32)24-18(3)28-27-30-22-7-5-6-8-23(22)31(27)25(24)19-10-12-20(33-4)13-11-19/h5-15,25H,1-4H3,(H,28,30)(H,29,32)/t25-/m1/s1. The fourth-order valence-electron chi connectivity index (χ4n) is 4.50. The Kier molecular flexibility index (Phi) is 5.46. The van der Waals surface area contributed by atoms with Crippen molar-refractivity contribution in [3.05, 3.63) is 94.7 Å². The van der Waals surface area contributed by atoms with Crippen molar-refractivity contribution in [3.8, 4) is 0 Å². The number of para-hydroxylation sites is 2. The van der Waals surface area contributed by atoms with Crippen LogP contribution in [0.3, 0.4) is 0 Å². The summed E-state index contributed by atoms with van der Waals surface area (Å²) in [6, 6.07) is 22.2. The minimum atomic E-state index is -0.296. The molecule has 0 saturated carbocycles. The molecule has 0 fully saturated rings. The Balaban J connectivity index is 1.65. The van der Waals surface area contributed by atoms with Crippen molar-refractivity contribution in [3.63, 3.8) is 0 Å². The molecular formula is C27H26N4OS. The van der Waals surface area contributed by atoms with Gasteiger partial charge in [0, 0.05) is 16.3 Å². The van der Waals surface area contributed by atoms with Crippen molar-refractivity contribution in [1.82, 2.24) is 9.55 Å². The van der Waals surface area contributed by atoms with Gasteiger partial charge in [-0.05, 0) is 68.5 Å². The van der Waals surface area contributed by atoms with E-state index in [9.17, 15) is 4.79 Å². The first kappa shape index (κ1) is 21.3. The first-order valence-corrected chi connectivity index (χ1v) is 12.2. The van der Waals surface area contributed by atoms with Crippen LogP contribution in [0.15, 0.2) is 82.9 Å². The summed E-state index contributed by atoms with van der Waals surface area (Å²) in [5, 5.41) is 6.53. The second-order valence-electron chi connectivity index (χ2n) is 8.41. The lowest BCUT2D eigenvalue weighted by molar-refractivity contribution is -0.113. The van der Waals surface area contributed by atoms with Crippen molar-refractivity contribution in [2.45, 2.75) is 31.7 Å². The Bertz CT molecular complexity index is 1400. The van der Waals surface area contributed by atoms with Crippen LogP contribution in [0.2, 0.25) is 0 Å². The number of allylic oxidation sites excluding steroid dienone is 1. The van der Waals surface area contributed by atoms with Crippen molar-refractivity contribution >= 4 is 40.3 Å². The highest BCUT2D eigenvalue weighted by molar-refractivity contribution is 7.98. The molecule has 5 rings (SSSR count). The Labute approximate surface area is 197 Å². The van der Waals surface area contributed by atoms with Crippen LogP contribution in [-0.4, -0.2) is 21.7 Å². The average Bonchev–Trinajstić information content (AvgIpc) is 3.18. The minimum Gasteiger partial charge on any atom is -0.329 e. The predicted octanol–water partition coefficient (Wildman–Crippen LogP) is 6.30. The highest BCUT2D eigenvalue weighted by Crippen LogP contribution is 2.40. The number of carbonyl (C=O) groups is 1. The molecule has 5 nitrogen and oxygen atoms in total. The number of anilines is 2. The maximum absolute atomic E-state index is 13.7. The van der Waals surface area contributed by atoms with E-state index in [1.165, 1.54) is 10.5 Å². The van der Waals surface area contributed by atoms with Gasteiger partial charge in [0.15, 0.2) is 0 Å². The van der Waals surface area contributed by atoms with Crippen LogP contribution >= 0.6 is 11.8 Å². The quantitative estimate of drug-likeness (QED) is 0.355. The van der Waals surface area contributed by atoms with E-state index in [1.807, 2.05) is 44.2 Å². The average molecular weight is 455 g/mol. The van der Waals surface area contributed by atoms with Gasteiger partial charge < -0.3 is 10.6 Å². The molecule has 33 heavy (non-hydrogen) atoms. The Hall–Kier alpha value is -3.51. The number of hydrogen-bond acceptors (Lipinski definition) is 4. The lowest BCUT2D eigenvalue weighted by Gasteiger charge is -2.31. The topological polar surface area (TPSA) is 59.0 Å². The van der Waals surface area contributed by atoms with Gasteiger partial charge in [0.25, 0.3) is 5.91 Å². The van der Waals surface area contributed by atoms with Gasteiger partial charge in [0.1, 0.15) is 0 Å². The maximum atomic E-state index is 13.7. The monoisotopic (exact) mass is 454 g/mol. The van der Waals surface area contributed by atoms with E-state index < -0.39 is 0 Å². The van der Waals surface area contributed by atoms with Gasteiger partial charge in [0.05, 0.1) is 22.6 Å². The second-order valence-corrected chi connectivity index (χ2v) is 9.29. The number of benzene rings is 3. The van der Waals surface area contributed by atoms with Crippen molar-refractivity contribution in [2.24, 2.45) is 0 Å². The fraction of sp³-hybridized carbons (Fsp3) is 0.185. The number of nitrogens with zero attached hydrogens (tertiary/aromatic N) is 2. The van der Waals surface area contributed by atoms with Crippen LogP contribution in [0.4, 0.5) is 11.6 Å². The molecule has 6 heteroatoms. The number of fused-ring (bicyclic) bond motifs is 3. The summed E-state index contributed by atoms with van der Waals surface area (Å²) in [6.07, 6.45) is 2.06. The van der Waals surface area contributed by atoms with Crippen LogP contribution in [-0.2, 0) is 4.79 Å². The van der Waals surface area contributed by atoms with E-state index in [0.29, 0.717) is 5.57 Å². The molecule has 1 aliphatic rings. The molecule has 0 aliphatic carbocycles. The summed E-state index contributed by atoms with van der Waals surface area (Å²) in [4.78, 5) is 19.7. The third-order valence-electron chi connectivity index (χ3n) is 6.14. The molecule has 1 aliphatic heterocycles. The van der Waals surface area contributed by atoms with E-state index >= 15 is 0 Å². The number of aromatic nitrogens is 2. The summed E-state index contributed by atoms with van der Waals surface area (Å²) < 4.78 is 2.13. The molecule has 1 atom stereocenters. The van der Waals surface area contributed by atoms with Crippen LogP contribution < -0.4 is 10.6 Å². The number of aryl methyl sites for hydroxylation is 2. The van der Waals surface area contributed by atoms with Gasteiger partial charge in [0.2, 0.25) is 5.95 Å². The number of nitrogens with one attached hydrogen (secondary N) is 2. The molecule has 0 bridgehead atoms. The van der Waals surface area contributed by atoms with Crippen LogP contribution in [0.1, 0.15) is 29.7 Å². The molecule has 0 radical (unpaired) electrons. The third-order valence-corrected chi connectivity index (χ3v) is 6.88. The first-order chi connectivity index (χ1) is 16.0. The van der Waals surface area contributed by atoms with Gasteiger partial charge in [-0.3, -0.25) is 9.36 Å². The van der Waals surface area contributed by atoms with E-state index in [0.717, 1.165) is 39.5 Å². The number of thioether (sulfide) groups is 1. The van der Waals surface area contributed by atoms with Crippen LogP contribution in [0, 0.1) is 13.8 Å². The van der Waals surface area contributed by atoms with Crippen molar-refractivity contribution in [2.75, 3.05) is 16.9 Å². The summed E-state index contributed by atoms with van der Waals surface area (Å²) in [5.74, 6) is 0.630. The molecule has 2 N–H and O–H groups in total. The fourth-order valence-corrected chi connectivity index (χ4v) is 4.91. The summed E-state index contributed by atoms with van der Waals surface area (Å²) in [7, 11) is 0. The minimum absolute atomic E-state index is 0.116. The van der Waals surface area contributed by atoms with E-state index in [2.05, 4.69) is 64.8 Å². The Morgan fingerprint density at radius 2 is 1.79 bits per heavy atom. The normalized spacial score (nSPS) is 15.3. The molecule has 166 valence electrons. The molecule has 2 heterocycles. The Morgan fingerprint density at radius 1 is 1.03 bits per heavy atom. The zero-order valence-electron chi connectivity index (χ0n) is 19.1. The lowest BCUT2D eigenvalue weighted by Crippen LogP contribution is -2.31. The van der Waals surface area contributed by atoms with Gasteiger partial charge in [-0.2, -0.15) is 0 Å². The summed E-state index contributed by atoms with van der Waals surface area (Å²) in [6.45, 7) is 6.02. The van der Waals surface area contributed by atoms with Crippen molar-refractivity contribution < 1.29 is 4.79 Å². The SMILES string of the molecule is CSc1ccc([C@@H]2C(C(=O)Nc3ccc(C)cc3C)=C(C)Nc3nc4ccccc4n32)cc1. The smallest absolute Gasteiger partial charge is 0.255 e. The zero-order chi connectivity index (χ0) is 23.1. The zero-order valence-corrected chi connectivity index (χ0v) is 20.0. The van der Waals surface area contributed by atoms with E-state index in [1.54, 1.807) is 11.8 Å². The highest BCUT2D eigenvalue weighted by atomic mass is 32.2. The molecule has 0 spiro atoms. The van der Waals surface area contributed by atoms with Gasteiger partial charge in [-0.15, -0.1) is 11.8 Å². The Morgan fingerprint density at radius 3 is 2.52 bits per heavy atom. The number of imidazole rings is 1. The van der Waals surface area contributed by atoms with Crippen molar-refractivity contribution in [1.29, 1.82) is 0 Å². The number of rotatable bonds is 4. The molecule has 4 aromatic rings. The van der Waals surface area contributed by atoms with Gasteiger partial charge in [-0.25, -0.2) is 4.98 Å². The lowest BCUT2D eigenvalue weighted by atomic mass is 9.94. The van der Waals surface area contributed by atoms with Gasteiger partial charge >= 0.3 is 0 Å². The molecular weight excluding hydrogens is 428 g/mol. The highest BCUT2D eigenvalue weighted by Gasteiger charge is 2.34. The van der Waals surface area contributed by atoms with Crippen LogP contribution in [0.5, 0.6) is 0 Å². The molecule has 3 aromatic carbocycles.